The molecule has 0 fully saturated rings. The van der Waals surface area contributed by atoms with Gasteiger partial charge in [0.2, 0.25) is 0 Å². The molecular weight excluding hydrogens is 362 g/mol. The topological polar surface area (TPSA) is 47.6 Å². The van der Waals surface area contributed by atoms with Crippen molar-refractivity contribution in [3.63, 3.8) is 0 Å². The summed E-state index contributed by atoms with van der Waals surface area (Å²) in [5.41, 5.74) is 3.17. The maximum absolute atomic E-state index is 12.7. The summed E-state index contributed by atoms with van der Waals surface area (Å²) in [6.45, 7) is 2.17. The molecule has 1 aliphatic rings. The first kappa shape index (κ1) is 19.1. The molecule has 0 saturated carbocycles. The molecule has 2 aromatic rings. The Bertz CT molecular complexity index is 885. The molecule has 5 heteroatoms. The molecule has 1 amide bonds. The lowest BCUT2D eigenvalue weighted by Gasteiger charge is -2.10. The zero-order chi connectivity index (χ0) is 19.2. The maximum Gasteiger partial charge on any atom is 0.255 e. The summed E-state index contributed by atoms with van der Waals surface area (Å²) < 4.78 is 10.9. The van der Waals surface area contributed by atoms with Crippen molar-refractivity contribution in [2.45, 2.75) is 26.2 Å². The second-order valence-corrected chi connectivity index (χ2v) is 6.74. The van der Waals surface area contributed by atoms with Crippen molar-refractivity contribution in [3.05, 3.63) is 70.5 Å². The van der Waals surface area contributed by atoms with Gasteiger partial charge >= 0.3 is 0 Å². The minimum absolute atomic E-state index is 0.219. The van der Waals surface area contributed by atoms with E-state index in [1.165, 1.54) is 11.8 Å². The number of hydrogen-bond acceptors (Lipinski definition) is 3. The van der Waals surface area contributed by atoms with Gasteiger partial charge in [0.1, 0.15) is 0 Å². The number of anilines is 1. The van der Waals surface area contributed by atoms with Gasteiger partial charge < -0.3 is 14.8 Å². The molecule has 4 nitrogen and oxygen atoms in total. The third-order valence-electron chi connectivity index (χ3n) is 4.31. The fourth-order valence-electron chi connectivity index (χ4n) is 2.84. The van der Waals surface area contributed by atoms with Crippen LogP contribution >= 0.6 is 11.6 Å². The van der Waals surface area contributed by atoms with Gasteiger partial charge in [0.15, 0.2) is 11.5 Å². The van der Waals surface area contributed by atoms with E-state index >= 15 is 0 Å². The molecule has 0 bridgehead atoms. The SMILES string of the molecule is CCCCc1ccc(NC(=O)C2=Cc3cc(Cl)cc(OC)c3OC=C2)cc1. The van der Waals surface area contributed by atoms with E-state index in [0.717, 1.165) is 24.9 Å². The molecule has 0 radical (unpaired) electrons. The summed E-state index contributed by atoms with van der Waals surface area (Å²) in [7, 11) is 1.55. The molecule has 0 spiro atoms. The minimum atomic E-state index is -0.219. The quantitative estimate of drug-likeness (QED) is 0.704. The molecule has 1 N–H and O–H groups in total. The number of fused-ring (bicyclic) bond motifs is 1. The Hall–Kier alpha value is -2.72. The van der Waals surface area contributed by atoms with Gasteiger partial charge in [0, 0.05) is 27.9 Å². The van der Waals surface area contributed by atoms with E-state index in [1.54, 1.807) is 31.4 Å². The normalized spacial score (nSPS) is 12.5. The first-order chi connectivity index (χ1) is 13.1. The molecule has 2 aromatic carbocycles. The van der Waals surface area contributed by atoms with Gasteiger partial charge in [-0.3, -0.25) is 4.79 Å². The number of methoxy groups -OCH3 is 1. The van der Waals surface area contributed by atoms with Crippen LogP contribution in [0.3, 0.4) is 0 Å². The lowest BCUT2D eigenvalue weighted by molar-refractivity contribution is -0.112. The highest BCUT2D eigenvalue weighted by Gasteiger charge is 2.16. The van der Waals surface area contributed by atoms with Gasteiger partial charge in [-0.1, -0.05) is 37.1 Å². The molecule has 0 unspecified atom stereocenters. The Morgan fingerprint density at radius 2 is 2.00 bits per heavy atom. The van der Waals surface area contributed by atoms with Gasteiger partial charge in [-0.2, -0.15) is 0 Å². The Labute approximate surface area is 164 Å². The number of ether oxygens (including phenoxy) is 2. The summed E-state index contributed by atoms with van der Waals surface area (Å²) in [5, 5.41) is 3.43. The van der Waals surface area contributed by atoms with Gasteiger partial charge in [-0.15, -0.1) is 0 Å². The minimum Gasteiger partial charge on any atom is -0.493 e. The van der Waals surface area contributed by atoms with Crippen molar-refractivity contribution in [3.8, 4) is 11.5 Å². The molecule has 0 saturated heterocycles. The van der Waals surface area contributed by atoms with Crippen LogP contribution in [0.1, 0.15) is 30.9 Å². The molecule has 27 heavy (non-hydrogen) atoms. The van der Waals surface area contributed by atoms with E-state index < -0.39 is 0 Å². The number of halogens is 1. The van der Waals surface area contributed by atoms with Crippen molar-refractivity contribution in [2.75, 3.05) is 12.4 Å². The third kappa shape index (κ3) is 4.72. The summed E-state index contributed by atoms with van der Waals surface area (Å²) >= 11 is 6.14. The fourth-order valence-corrected chi connectivity index (χ4v) is 3.06. The zero-order valence-electron chi connectivity index (χ0n) is 15.4. The van der Waals surface area contributed by atoms with Crippen LogP contribution < -0.4 is 14.8 Å². The highest BCUT2D eigenvalue weighted by molar-refractivity contribution is 6.31. The van der Waals surface area contributed by atoms with Crippen LogP contribution in [-0.4, -0.2) is 13.0 Å². The molecule has 1 aliphatic heterocycles. The first-order valence-electron chi connectivity index (χ1n) is 8.93. The van der Waals surface area contributed by atoms with Crippen LogP contribution in [0.25, 0.3) is 6.08 Å². The van der Waals surface area contributed by atoms with Gasteiger partial charge in [-0.25, -0.2) is 0 Å². The van der Waals surface area contributed by atoms with Crippen molar-refractivity contribution in [2.24, 2.45) is 0 Å². The van der Waals surface area contributed by atoms with Crippen LogP contribution in [0.4, 0.5) is 5.69 Å². The van der Waals surface area contributed by atoms with Gasteiger partial charge in [0.25, 0.3) is 5.91 Å². The number of benzene rings is 2. The Kier molecular flexibility index (Phi) is 6.20. The fraction of sp³-hybridized carbons (Fsp3) is 0.227. The second kappa shape index (κ2) is 8.78. The van der Waals surface area contributed by atoms with E-state index in [0.29, 0.717) is 27.7 Å². The van der Waals surface area contributed by atoms with E-state index in [9.17, 15) is 4.79 Å². The first-order valence-corrected chi connectivity index (χ1v) is 9.31. The molecule has 1 heterocycles. The van der Waals surface area contributed by atoms with Crippen LogP contribution in [0, 0.1) is 0 Å². The number of unbranched alkanes of at least 4 members (excludes halogenated alkanes) is 1. The smallest absolute Gasteiger partial charge is 0.255 e. The number of aryl methyl sites for hydroxylation is 1. The monoisotopic (exact) mass is 383 g/mol. The predicted molar refractivity (Wildman–Crippen MR) is 109 cm³/mol. The summed E-state index contributed by atoms with van der Waals surface area (Å²) in [6.07, 6.45) is 8.21. The second-order valence-electron chi connectivity index (χ2n) is 6.30. The maximum atomic E-state index is 12.7. The van der Waals surface area contributed by atoms with Crippen molar-refractivity contribution < 1.29 is 14.3 Å². The average Bonchev–Trinajstić information content (AvgIpc) is 2.89. The standard InChI is InChI=1S/C22H22ClNO3/c1-3-4-5-15-6-8-19(9-7-15)24-22(25)16-10-11-27-21-17(12-16)13-18(23)14-20(21)26-2/h6-14H,3-5H2,1-2H3,(H,24,25). The van der Waals surface area contributed by atoms with Gasteiger partial charge in [0.05, 0.1) is 13.4 Å². The van der Waals surface area contributed by atoms with Crippen LogP contribution in [0.5, 0.6) is 11.5 Å². The average molecular weight is 384 g/mol. The Balaban J connectivity index is 1.79. The number of rotatable bonds is 6. The lowest BCUT2D eigenvalue weighted by atomic mass is 10.1. The number of carbonyl (C=O) groups excluding carboxylic acids is 1. The Morgan fingerprint density at radius 1 is 1.22 bits per heavy atom. The summed E-state index contributed by atoms with van der Waals surface area (Å²) in [5.74, 6) is 0.826. The largest absolute Gasteiger partial charge is 0.493 e. The number of nitrogens with one attached hydrogen (secondary N) is 1. The van der Waals surface area contributed by atoms with Crippen LogP contribution in [-0.2, 0) is 11.2 Å². The van der Waals surface area contributed by atoms with Crippen molar-refractivity contribution >= 4 is 29.3 Å². The van der Waals surface area contributed by atoms with E-state index in [2.05, 4.69) is 12.2 Å². The number of carbonyl (C=O) groups is 1. The molecule has 0 aromatic heterocycles. The van der Waals surface area contributed by atoms with Crippen molar-refractivity contribution in [1.82, 2.24) is 0 Å². The lowest BCUT2D eigenvalue weighted by Crippen LogP contribution is -2.13. The van der Waals surface area contributed by atoms with Gasteiger partial charge in [-0.05, 0) is 48.8 Å². The highest BCUT2D eigenvalue weighted by Crippen LogP contribution is 2.37. The number of hydrogen-bond donors (Lipinski definition) is 1. The predicted octanol–water partition coefficient (Wildman–Crippen LogP) is 5.62. The van der Waals surface area contributed by atoms with E-state index in [1.807, 2.05) is 24.3 Å². The molecule has 140 valence electrons. The van der Waals surface area contributed by atoms with Crippen molar-refractivity contribution in [1.29, 1.82) is 0 Å². The zero-order valence-corrected chi connectivity index (χ0v) is 16.2. The van der Waals surface area contributed by atoms with Crippen LogP contribution in [0.15, 0.2) is 54.3 Å². The summed E-state index contributed by atoms with van der Waals surface area (Å²) in [4.78, 5) is 12.7. The Morgan fingerprint density at radius 3 is 2.70 bits per heavy atom. The summed E-state index contributed by atoms with van der Waals surface area (Å²) in [6, 6.07) is 11.4. The number of amides is 1. The molecular formula is C22H22ClNO3. The van der Waals surface area contributed by atoms with Crippen LogP contribution in [0.2, 0.25) is 5.02 Å². The highest BCUT2D eigenvalue weighted by atomic mass is 35.5. The van der Waals surface area contributed by atoms with E-state index in [4.69, 9.17) is 21.1 Å². The molecule has 0 aliphatic carbocycles. The molecule has 0 atom stereocenters. The third-order valence-corrected chi connectivity index (χ3v) is 4.52. The molecule has 3 rings (SSSR count). The van der Waals surface area contributed by atoms with E-state index in [-0.39, 0.29) is 5.91 Å².